The predicted molar refractivity (Wildman–Crippen MR) is 84.7 cm³/mol. The molecule has 3 rings (SSSR count). The summed E-state index contributed by atoms with van der Waals surface area (Å²) < 4.78 is 37.9. The van der Waals surface area contributed by atoms with Crippen LogP contribution in [-0.2, 0) is 10.0 Å². The molecule has 0 spiro atoms. The smallest absolute Gasteiger partial charge is 0.211 e. The van der Waals surface area contributed by atoms with Crippen LogP contribution in [0.25, 0.3) is 0 Å². The first-order valence-electron chi connectivity index (χ1n) is 7.89. The number of halogens is 1. The van der Waals surface area contributed by atoms with Gasteiger partial charge in [-0.2, -0.15) is 4.31 Å². The number of nitrogens with one attached hydrogen (secondary N) is 1. The van der Waals surface area contributed by atoms with Gasteiger partial charge in [0, 0.05) is 25.2 Å². The second-order valence-corrected chi connectivity index (χ2v) is 8.43. The third-order valence-electron chi connectivity index (χ3n) is 4.87. The van der Waals surface area contributed by atoms with Crippen molar-refractivity contribution in [2.24, 2.45) is 0 Å². The summed E-state index contributed by atoms with van der Waals surface area (Å²) in [5.74, 6) is 0.299. The van der Waals surface area contributed by atoms with E-state index in [4.69, 9.17) is 0 Å². The van der Waals surface area contributed by atoms with E-state index in [9.17, 15) is 12.8 Å². The van der Waals surface area contributed by atoms with Gasteiger partial charge in [-0.25, -0.2) is 12.8 Å². The van der Waals surface area contributed by atoms with Crippen LogP contribution < -0.4 is 5.32 Å². The fraction of sp³-hybridized carbons (Fsp3) is 0.625. The summed E-state index contributed by atoms with van der Waals surface area (Å²) in [6.45, 7) is 1.38. The number of sulfonamides is 1. The normalized spacial score (nSPS) is 29.5. The number of benzene rings is 1. The van der Waals surface area contributed by atoms with Gasteiger partial charge in [0.05, 0.1) is 6.26 Å². The van der Waals surface area contributed by atoms with Gasteiger partial charge in [-0.15, -0.1) is 0 Å². The molecule has 1 aromatic rings. The molecule has 1 atom stereocenters. The van der Waals surface area contributed by atoms with Gasteiger partial charge in [-0.1, -0.05) is 12.1 Å². The van der Waals surface area contributed by atoms with Crippen LogP contribution in [0.3, 0.4) is 0 Å². The molecule has 1 saturated heterocycles. The Morgan fingerprint density at radius 3 is 2.59 bits per heavy atom. The van der Waals surface area contributed by atoms with Crippen molar-refractivity contribution < 1.29 is 12.8 Å². The van der Waals surface area contributed by atoms with Gasteiger partial charge in [-0.3, -0.25) is 0 Å². The fourth-order valence-electron chi connectivity index (χ4n) is 3.54. The lowest BCUT2D eigenvalue weighted by atomic mass is 9.76. The third kappa shape index (κ3) is 3.50. The Balaban J connectivity index is 1.46. The standard InChI is InChI=1S/C16H23FN2O2S/c1-22(20,21)19-8-2-3-16(19)11-18-15-9-13(10-15)12-4-6-14(17)7-5-12/h4-7,13,15-16,18H,2-3,8-11H2,1H3/t13?,15?,16-/m1/s1. The SMILES string of the molecule is CS(=O)(=O)N1CCC[C@@H]1CNC1CC(c2ccc(F)cc2)C1. The number of hydrogen-bond donors (Lipinski definition) is 1. The molecule has 0 radical (unpaired) electrons. The van der Waals surface area contributed by atoms with Crippen LogP contribution in [0.2, 0.25) is 0 Å². The summed E-state index contributed by atoms with van der Waals surface area (Å²) in [4.78, 5) is 0. The second kappa shape index (κ2) is 6.26. The topological polar surface area (TPSA) is 49.4 Å². The minimum atomic E-state index is -3.09. The fourth-order valence-corrected chi connectivity index (χ4v) is 4.73. The van der Waals surface area contributed by atoms with Gasteiger partial charge in [0.25, 0.3) is 0 Å². The summed E-state index contributed by atoms with van der Waals surface area (Å²) in [7, 11) is -3.09. The molecule has 0 aromatic heterocycles. The number of hydrogen-bond acceptors (Lipinski definition) is 3. The van der Waals surface area contributed by atoms with E-state index in [0.717, 1.165) is 32.2 Å². The molecule has 2 aliphatic rings. The van der Waals surface area contributed by atoms with E-state index in [2.05, 4.69) is 5.32 Å². The van der Waals surface area contributed by atoms with Gasteiger partial charge in [0.2, 0.25) is 10.0 Å². The van der Waals surface area contributed by atoms with E-state index in [1.807, 2.05) is 12.1 Å². The lowest BCUT2D eigenvalue weighted by molar-refractivity contribution is 0.267. The Kier molecular flexibility index (Phi) is 4.52. The lowest BCUT2D eigenvalue weighted by Gasteiger charge is -2.37. The van der Waals surface area contributed by atoms with Crippen LogP contribution in [0, 0.1) is 5.82 Å². The van der Waals surface area contributed by atoms with Crippen LogP contribution in [0.1, 0.15) is 37.2 Å². The van der Waals surface area contributed by atoms with E-state index in [1.54, 1.807) is 4.31 Å². The van der Waals surface area contributed by atoms with Crippen LogP contribution in [-0.4, -0.2) is 44.2 Å². The Morgan fingerprint density at radius 1 is 1.27 bits per heavy atom. The Morgan fingerprint density at radius 2 is 1.95 bits per heavy atom. The molecule has 22 heavy (non-hydrogen) atoms. The summed E-state index contributed by atoms with van der Waals surface area (Å²) in [5, 5.41) is 3.49. The molecule has 2 fully saturated rings. The Hall–Kier alpha value is -0.980. The van der Waals surface area contributed by atoms with Crippen molar-refractivity contribution in [2.75, 3.05) is 19.3 Å². The zero-order valence-electron chi connectivity index (χ0n) is 12.8. The van der Waals surface area contributed by atoms with Crippen LogP contribution in [0.15, 0.2) is 24.3 Å². The minimum Gasteiger partial charge on any atom is -0.312 e. The quantitative estimate of drug-likeness (QED) is 0.901. The average Bonchev–Trinajstić information content (AvgIpc) is 2.87. The molecule has 6 heteroatoms. The molecule has 1 aliphatic carbocycles. The van der Waals surface area contributed by atoms with Gasteiger partial charge in [0.1, 0.15) is 5.82 Å². The molecule has 4 nitrogen and oxygen atoms in total. The van der Waals surface area contributed by atoms with Crippen molar-refractivity contribution in [3.8, 4) is 0 Å². The highest BCUT2D eigenvalue weighted by molar-refractivity contribution is 7.88. The van der Waals surface area contributed by atoms with E-state index < -0.39 is 10.0 Å². The van der Waals surface area contributed by atoms with Gasteiger partial charge in [0.15, 0.2) is 0 Å². The molecule has 1 aromatic carbocycles. The van der Waals surface area contributed by atoms with E-state index in [1.165, 1.54) is 24.0 Å². The monoisotopic (exact) mass is 326 g/mol. The average molecular weight is 326 g/mol. The molecule has 1 saturated carbocycles. The molecule has 0 amide bonds. The van der Waals surface area contributed by atoms with Crippen LogP contribution in [0.5, 0.6) is 0 Å². The Labute approximate surface area is 131 Å². The first-order valence-corrected chi connectivity index (χ1v) is 9.74. The summed E-state index contributed by atoms with van der Waals surface area (Å²) in [6, 6.07) is 7.28. The third-order valence-corrected chi connectivity index (χ3v) is 6.20. The molecule has 1 aliphatic heterocycles. The second-order valence-electron chi connectivity index (χ2n) is 6.49. The van der Waals surface area contributed by atoms with E-state index in [-0.39, 0.29) is 11.9 Å². The largest absolute Gasteiger partial charge is 0.312 e. The van der Waals surface area contributed by atoms with Crippen molar-refractivity contribution >= 4 is 10.0 Å². The molecule has 122 valence electrons. The highest BCUT2D eigenvalue weighted by atomic mass is 32.2. The summed E-state index contributed by atoms with van der Waals surface area (Å²) in [5.41, 5.74) is 1.19. The van der Waals surface area contributed by atoms with Gasteiger partial charge >= 0.3 is 0 Å². The van der Waals surface area contributed by atoms with E-state index >= 15 is 0 Å². The molecule has 0 unspecified atom stereocenters. The van der Waals surface area contributed by atoms with Crippen molar-refractivity contribution in [2.45, 2.75) is 43.7 Å². The summed E-state index contributed by atoms with van der Waals surface area (Å²) >= 11 is 0. The first kappa shape index (κ1) is 15.9. The van der Waals surface area contributed by atoms with Gasteiger partial charge in [-0.05, 0) is 49.3 Å². The highest BCUT2D eigenvalue weighted by Gasteiger charge is 2.34. The Bertz CT molecular complexity index is 612. The summed E-state index contributed by atoms with van der Waals surface area (Å²) in [6.07, 6.45) is 5.25. The van der Waals surface area contributed by atoms with Crippen LogP contribution in [0.4, 0.5) is 4.39 Å². The zero-order chi connectivity index (χ0) is 15.7. The van der Waals surface area contributed by atoms with E-state index in [0.29, 0.717) is 18.5 Å². The molecule has 1 N–H and O–H groups in total. The highest BCUT2D eigenvalue weighted by Crippen LogP contribution is 2.37. The van der Waals surface area contributed by atoms with Crippen molar-refractivity contribution in [3.05, 3.63) is 35.6 Å². The lowest BCUT2D eigenvalue weighted by Crippen LogP contribution is -2.47. The zero-order valence-corrected chi connectivity index (χ0v) is 13.7. The molecular formula is C16H23FN2O2S. The first-order chi connectivity index (χ1) is 10.4. The molecular weight excluding hydrogens is 303 g/mol. The van der Waals surface area contributed by atoms with Crippen molar-refractivity contribution in [1.82, 2.24) is 9.62 Å². The van der Waals surface area contributed by atoms with Gasteiger partial charge < -0.3 is 5.32 Å². The maximum atomic E-state index is 12.9. The van der Waals surface area contributed by atoms with Crippen molar-refractivity contribution in [3.63, 3.8) is 0 Å². The number of nitrogens with zero attached hydrogens (tertiary/aromatic N) is 1. The maximum Gasteiger partial charge on any atom is 0.211 e. The number of rotatable bonds is 5. The predicted octanol–water partition coefficient (Wildman–Crippen LogP) is 2.09. The maximum absolute atomic E-state index is 12.9. The van der Waals surface area contributed by atoms with Crippen molar-refractivity contribution in [1.29, 1.82) is 0 Å². The van der Waals surface area contributed by atoms with Crippen LogP contribution >= 0.6 is 0 Å². The molecule has 1 heterocycles. The molecule has 0 bridgehead atoms. The minimum absolute atomic E-state index is 0.0971.